The van der Waals surface area contributed by atoms with Gasteiger partial charge in [0.05, 0.1) is 12.3 Å². The molecule has 1 aromatic heterocycles. The summed E-state index contributed by atoms with van der Waals surface area (Å²) in [6.07, 6.45) is 11.2. The predicted octanol–water partition coefficient (Wildman–Crippen LogP) is 3.19. The molecule has 1 saturated carbocycles. The van der Waals surface area contributed by atoms with Crippen LogP contribution >= 0.6 is 0 Å². The first kappa shape index (κ1) is 22.8. The van der Waals surface area contributed by atoms with Gasteiger partial charge in [-0.2, -0.15) is 0 Å². The molecule has 3 aliphatic rings. The lowest BCUT2D eigenvalue weighted by atomic mass is 9.91. The fourth-order valence-corrected chi connectivity index (χ4v) is 5.05. The first-order chi connectivity index (χ1) is 16.7. The normalized spacial score (nSPS) is 19.6. The zero-order chi connectivity index (χ0) is 23.3. The van der Waals surface area contributed by atoms with Gasteiger partial charge in [0.1, 0.15) is 5.75 Å². The van der Waals surface area contributed by atoms with E-state index in [-0.39, 0.29) is 5.91 Å². The molecule has 2 aliphatic heterocycles. The largest absolute Gasteiger partial charge is 0.493 e. The summed E-state index contributed by atoms with van der Waals surface area (Å²) in [5, 5.41) is 0. The zero-order valence-corrected chi connectivity index (χ0v) is 20.2. The maximum atomic E-state index is 12.9. The Hall–Kier alpha value is -2.93. The molecule has 7 heteroatoms. The van der Waals surface area contributed by atoms with E-state index in [1.165, 1.54) is 19.3 Å². The molecular weight excluding hydrogens is 426 g/mol. The van der Waals surface area contributed by atoms with Gasteiger partial charge >= 0.3 is 0 Å². The van der Waals surface area contributed by atoms with Crippen molar-refractivity contribution in [3.8, 4) is 5.75 Å². The molecule has 0 radical (unpaired) electrons. The van der Waals surface area contributed by atoms with Crippen LogP contribution in [0.4, 0.5) is 5.95 Å². The van der Waals surface area contributed by atoms with Crippen LogP contribution in [0.2, 0.25) is 0 Å². The van der Waals surface area contributed by atoms with Gasteiger partial charge < -0.3 is 14.5 Å². The van der Waals surface area contributed by atoms with Crippen LogP contribution in [0, 0.1) is 0 Å². The highest BCUT2D eigenvalue weighted by Gasteiger charge is 2.29. The van der Waals surface area contributed by atoms with E-state index in [2.05, 4.69) is 9.80 Å². The Labute approximate surface area is 202 Å². The van der Waals surface area contributed by atoms with E-state index in [9.17, 15) is 4.79 Å². The Balaban J connectivity index is 1.19. The number of hydrogen-bond acceptors (Lipinski definition) is 6. The number of amides is 1. The smallest absolute Gasteiger partial charge is 0.246 e. The predicted molar refractivity (Wildman–Crippen MR) is 134 cm³/mol. The first-order valence-electron chi connectivity index (χ1n) is 12.7. The molecular formula is C27H35N5O2. The van der Waals surface area contributed by atoms with Crippen molar-refractivity contribution in [1.29, 1.82) is 0 Å². The van der Waals surface area contributed by atoms with E-state index in [0.717, 1.165) is 73.6 Å². The van der Waals surface area contributed by atoms with E-state index in [0.29, 0.717) is 19.7 Å². The maximum absolute atomic E-state index is 12.9. The molecule has 2 aromatic rings. The highest BCUT2D eigenvalue weighted by Crippen LogP contribution is 2.26. The standard InChI is InChI=1S/C27H35N5O2/c1-2-34-25-9-4-3-6-21(25)10-11-26(33)31-14-12-22-20-28-27(29-24(22)13-15-31)32-18-16-30(17-19-32)23-7-5-8-23/h3-4,6,9-11,20,23H,2,5,7-8,12-19H2,1H3. The Morgan fingerprint density at radius 1 is 1.09 bits per heavy atom. The molecule has 1 aliphatic carbocycles. The number of benzene rings is 1. The molecule has 0 N–H and O–H groups in total. The fourth-order valence-electron chi connectivity index (χ4n) is 5.05. The van der Waals surface area contributed by atoms with Crippen molar-refractivity contribution < 1.29 is 9.53 Å². The van der Waals surface area contributed by atoms with Crippen molar-refractivity contribution in [3.05, 3.63) is 53.4 Å². The van der Waals surface area contributed by atoms with Gasteiger partial charge in [-0.15, -0.1) is 0 Å². The van der Waals surface area contributed by atoms with Crippen LogP contribution in [-0.4, -0.2) is 77.6 Å². The third-order valence-corrected chi connectivity index (χ3v) is 7.34. The van der Waals surface area contributed by atoms with Crippen LogP contribution in [0.1, 0.15) is 43.0 Å². The van der Waals surface area contributed by atoms with Crippen molar-refractivity contribution >= 4 is 17.9 Å². The van der Waals surface area contributed by atoms with Crippen molar-refractivity contribution in [2.75, 3.05) is 50.8 Å². The van der Waals surface area contributed by atoms with Crippen molar-refractivity contribution in [1.82, 2.24) is 19.8 Å². The summed E-state index contributed by atoms with van der Waals surface area (Å²) in [5.74, 6) is 1.67. The van der Waals surface area contributed by atoms with Crippen LogP contribution in [0.3, 0.4) is 0 Å². The number of nitrogens with zero attached hydrogens (tertiary/aromatic N) is 5. The molecule has 2 fully saturated rings. The minimum Gasteiger partial charge on any atom is -0.493 e. The summed E-state index contributed by atoms with van der Waals surface area (Å²) in [6.45, 7) is 8.12. The molecule has 0 atom stereocenters. The molecule has 1 aromatic carbocycles. The number of para-hydroxylation sites is 1. The number of hydrogen-bond donors (Lipinski definition) is 0. The number of carbonyl (C=O) groups excluding carboxylic acids is 1. The zero-order valence-electron chi connectivity index (χ0n) is 20.2. The minimum atomic E-state index is 0.0272. The van der Waals surface area contributed by atoms with Crippen LogP contribution in [0.5, 0.6) is 5.75 Å². The average Bonchev–Trinajstić information content (AvgIpc) is 3.05. The topological polar surface area (TPSA) is 61.8 Å². The van der Waals surface area contributed by atoms with Gasteiger partial charge in [0, 0.05) is 69.6 Å². The minimum absolute atomic E-state index is 0.0272. The number of fused-ring (bicyclic) bond motifs is 1. The monoisotopic (exact) mass is 461 g/mol. The van der Waals surface area contributed by atoms with E-state index >= 15 is 0 Å². The van der Waals surface area contributed by atoms with Crippen molar-refractivity contribution in [2.45, 2.75) is 45.1 Å². The summed E-state index contributed by atoms with van der Waals surface area (Å²) in [5.41, 5.74) is 3.17. The number of aromatic nitrogens is 2. The van der Waals surface area contributed by atoms with E-state index in [4.69, 9.17) is 14.7 Å². The lowest BCUT2D eigenvalue weighted by molar-refractivity contribution is -0.125. The van der Waals surface area contributed by atoms with Crippen LogP contribution in [-0.2, 0) is 17.6 Å². The third-order valence-electron chi connectivity index (χ3n) is 7.34. The third kappa shape index (κ3) is 5.09. The molecule has 1 saturated heterocycles. The molecule has 0 unspecified atom stereocenters. The molecule has 1 amide bonds. The second kappa shape index (κ2) is 10.6. The van der Waals surface area contributed by atoms with Gasteiger partial charge in [0.15, 0.2) is 0 Å². The van der Waals surface area contributed by atoms with Gasteiger partial charge in [-0.25, -0.2) is 9.97 Å². The molecule has 7 nitrogen and oxygen atoms in total. The Morgan fingerprint density at radius 3 is 2.65 bits per heavy atom. The highest BCUT2D eigenvalue weighted by atomic mass is 16.5. The second-order valence-corrected chi connectivity index (χ2v) is 9.38. The molecule has 3 heterocycles. The molecule has 0 spiro atoms. The number of rotatable bonds is 6. The molecule has 0 bridgehead atoms. The maximum Gasteiger partial charge on any atom is 0.246 e. The molecule has 180 valence electrons. The van der Waals surface area contributed by atoms with Gasteiger partial charge in [0.25, 0.3) is 0 Å². The van der Waals surface area contributed by atoms with Gasteiger partial charge in [-0.3, -0.25) is 9.69 Å². The van der Waals surface area contributed by atoms with Crippen LogP contribution < -0.4 is 9.64 Å². The Bertz CT molecular complexity index is 1030. The number of piperazine rings is 1. The second-order valence-electron chi connectivity index (χ2n) is 9.38. The quantitative estimate of drug-likeness (QED) is 0.616. The fraction of sp³-hybridized carbons (Fsp3) is 0.519. The average molecular weight is 462 g/mol. The summed E-state index contributed by atoms with van der Waals surface area (Å²) in [6, 6.07) is 8.61. The van der Waals surface area contributed by atoms with Gasteiger partial charge in [-0.1, -0.05) is 24.6 Å². The number of anilines is 1. The molecule has 34 heavy (non-hydrogen) atoms. The van der Waals surface area contributed by atoms with E-state index in [1.807, 2.05) is 48.4 Å². The van der Waals surface area contributed by atoms with Crippen molar-refractivity contribution in [3.63, 3.8) is 0 Å². The SMILES string of the molecule is CCOc1ccccc1C=CC(=O)N1CCc2cnc(N3CCN(C4CCC4)CC3)nc2CC1. The summed E-state index contributed by atoms with van der Waals surface area (Å²) >= 11 is 0. The van der Waals surface area contributed by atoms with E-state index < -0.39 is 0 Å². The molecule has 5 rings (SSSR count). The van der Waals surface area contributed by atoms with Crippen LogP contribution in [0.25, 0.3) is 6.08 Å². The lowest BCUT2D eigenvalue weighted by Gasteiger charge is -2.43. The van der Waals surface area contributed by atoms with Gasteiger partial charge in [0.2, 0.25) is 11.9 Å². The van der Waals surface area contributed by atoms with Crippen molar-refractivity contribution in [2.24, 2.45) is 0 Å². The summed E-state index contributed by atoms with van der Waals surface area (Å²) < 4.78 is 5.67. The van der Waals surface area contributed by atoms with Gasteiger partial charge in [-0.05, 0) is 43.9 Å². The summed E-state index contributed by atoms with van der Waals surface area (Å²) in [4.78, 5) is 29.4. The van der Waals surface area contributed by atoms with Crippen LogP contribution in [0.15, 0.2) is 36.5 Å². The van der Waals surface area contributed by atoms with E-state index in [1.54, 1.807) is 6.08 Å². The Kier molecular flexibility index (Phi) is 7.09. The number of carbonyl (C=O) groups is 1. The summed E-state index contributed by atoms with van der Waals surface area (Å²) in [7, 11) is 0. The lowest BCUT2D eigenvalue weighted by Crippen LogP contribution is -2.52. The Morgan fingerprint density at radius 2 is 1.88 bits per heavy atom. The highest BCUT2D eigenvalue weighted by molar-refractivity contribution is 5.92. The first-order valence-corrected chi connectivity index (χ1v) is 12.7. The number of ether oxygens (including phenoxy) is 1.